The van der Waals surface area contributed by atoms with Gasteiger partial charge in [0.2, 0.25) is 0 Å². The summed E-state index contributed by atoms with van der Waals surface area (Å²) < 4.78 is 0. The zero-order chi connectivity index (χ0) is 12.3. The van der Waals surface area contributed by atoms with E-state index >= 15 is 0 Å². The number of aromatic nitrogens is 1. The molecule has 0 saturated carbocycles. The van der Waals surface area contributed by atoms with Gasteiger partial charge in [-0.05, 0) is 36.8 Å². The van der Waals surface area contributed by atoms with Gasteiger partial charge in [-0.3, -0.25) is 4.79 Å². The van der Waals surface area contributed by atoms with Crippen LogP contribution in [-0.4, -0.2) is 24.4 Å². The van der Waals surface area contributed by atoms with Gasteiger partial charge in [0.25, 0.3) is 0 Å². The number of anilines is 1. The first-order chi connectivity index (χ1) is 8.24. The molecule has 0 atom stereocenters. The van der Waals surface area contributed by atoms with Crippen LogP contribution in [0.15, 0.2) is 18.3 Å². The molecule has 0 amide bonds. The highest BCUT2D eigenvalue weighted by Gasteiger charge is 2.35. The van der Waals surface area contributed by atoms with Crippen LogP contribution in [0.25, 0.3) is 0 Å². The Morgan fingerprint density at radius 2 is 2.24 bits per heavy atom. The molecule has 1 aliphatic rings. The van der Waals surface area contributed by atoms with Crippen molar-refractivity contribution in [2.75, 3.05) is 18.0 Å². The normalized spacial score (nSPS) is 18.4. The van der Waals surface area contributed by atoms with Gasteiger partial charge >= 0.3 is 0 Å². The van der Waals surface area contributed by atoms with E-state index in [-0.39, 0.29) is 0 Å². The molecule has 0 radical (unpaired) electrons. The van der Waals surface area contributed by atoms with Crippen molar-refractivity contribution in [3.63, 3.8) is 0 Å². The number of hydrogen-bond acceptors (Lipinski definition) is 3. The minimum atomic E-state index is 0.414. The molecule has 2 rings (SSSR count). The molecule has 2 heterocycles. The predicted molar refractivity (Wildman–Crippen MR) is 69.5 cm³/mol. The molecule has 1 saturated heterocycles. The summed E-state index contributed by atoms with van der Waals surface area (Å²) in [6.07, 6.45) is 6.27. The summed E-state index contributed by atoms with van der Waals surface area (Å²) in [7, 11) is 0. The molecule has 3 nitrogen and oxygen atoms in total. The molecule has 1 fully saturated rings. The summed E-state index contributed by atoms with van der Waals surface area (Å²) in [4.78, 5) is 17.6. The Morgan fingerprint density at radius 3 is 2.82 bits per heavy atom. The largest absolute Gasteiger partial charge is 0.355 e. The van der Waals surface area contributed by atoms with Gasteiger partial charge in [-0.25, -0.2) is 4.98 Å². The Kier molecular flexibility index (Phi) is 3.46. The summed E-state index contributed by atoms with van der Waals surface area (Å²) in [6, 6.07) is 3.66. The summed E-state index contributed by atoms with van der Waals surface area (Å²) >= 11 is 0. The molecule has 0 spiro atoms. The SMILES string of the molecule is CCC1(CC)CCN(c2ncccc2C=O)C1. The lowest BCUT2D eigenvalue weighted by molar-refractivity contribution is 0.112. The number of pyridine rings is 1. The van der Waals surface area contributed by atoms with Gasteiger partial charge in [-0.2, -0.15) is 0 Å². The molecule has 1 aromatic heterocycles. The molecule has 0 bridgehead atoms. The summed E-state index contributed by atoms with van der Waals surface area (Å²) in [5.74, 6) is 0.853. The minimum Gasteiger partial charge on any atom is -0.355 e. The van der Waals surface area contributed by atoms with Crippen molar-refractivity contribution in [2.24, 2.45) is 5.41 Å². The average Bonchev–Trinajstić information content (AvgIpc) is 2.83. The molecule has 17 heavy (non-hydrogen) atoms. The average molecular weight is 232 g/mol. The summed E-state index contributed by atoms with van der Waals surface area (Å²) in [5, 5.41) is 0. The first-order valence-electron chi connectivity index (χ1n) is 6.40. The van der Waals surface area contributed by atoms with Crippen molar-refractivity contribution in [1.82, 2.24) is 4.98 Å². The lowest BCUT2D eigenvalue weighted by Gasteiger charge is -2.27. The Bertz CT molecular complexity index is 399. The molecule has 0 unspecified atom stereocenters. The number of carbonyl (C=O) groups excluding carboxylic acids is 1. The van der Waals surface area contributed by atoms with E-state index in [0.717, 1.165) is 25.2 Å². The van der Waals surface area contributed by atoms with Gasteiger partial charge < -0.3 is 4.90 Å². The first-order valence-corrected chi connectivity index (χ1v) is 6.40. The van der Waals surface area contributed by atoms with Crippen LogP contribution in [0.1, 0.15) is 43.5 Å². The van der Waals surface area contributed by atoms with Gasteiger partial charge in [0.15, 0.2) is 6.29 Å². The Morgan fingerprint density at radius 1 is 1.47 bits per heavy atom. The van der Waals surface area contributed by atoms with Gasteiger partial charge in [0.1, 0.15) is 5.82 Å². The highest BCUT2D eigenvalue weighted by Crippen LogP contribution is 2.38. The maximum absolute atomic E-state index is 11.0. The molecule has 1 aromatic rings. The standard InChI is InChI=1S/C14H20N2O/c1-3-14(4-2)7-9-16(11-14)13-12(10-17)6-5-8-15-13/h5-6,8,10H,3-4,7,9,11H2,1-2H3. The van der Waals surface area contributed by atoms with Crippen molar-refractivity contribution in [3.8, 4) is 0 Å². The minimum absolute atomic E-state index is 0.414. The smallest absolute Gasteiger partial charge is 0.153 e. The number of hydrogen-bond donors (Lipinski definition) is 0. The van der Waals surface area contributed by atoms with Crippen LogP contribution in [0.2, 0.25) is 0 Å². The third-order valence-corrected chi connectivity index (χ3v) is 4.18. The third-order valence-electron chi connectivity index (χ3n) is 4.18. The fraction of sp³-hybridized carbons (Fsp3) is 0.571. The zero-order valence-corrected chi connectivity index (χ0v) is 10.6. The zero-order valence-electron chi connectivity index (χ0n) is 10.6. The molecule has 0 aliphatic carbocycles. The van der Waals surface area contributed by atoms with E-state index in [1.807, 2.05) is 12.1 Å². The van der Waals surface area contributed by atoms with E-state index in [9.17, 15) is 4.79 Å². The van der Waals surface area contributed by atoms with Crippen LogP contribution in [-0.2, 0) is 0 Å². The Labute approximate surface area is 103 Å². The van der Waals surface area contributed by atoms with E-state index < -0.39 is 0 Å². The van der Waals surface area contributed by atoms with Crippen LogP contribution in [0, 0.1) is 5.41 Å². The predicted octanol–water partition coefficient (Wildman–Crippen LogP) is 2.91. The third kappa shape index (κ3) is 2.19. The highest BCUT2D eigenvalue weighted by atomic mass is 16.1. The van der Waals surface area contributed by atoms with Crippen LogP contribution in [0.5, 0.6) is 0 Å². The fourth-order valence-corrected chi connectivity index (χ4v) is 2.71. The van der Waals surface area contributed by atoms with Crippen molar-refractivity contribution < 1.29 is 4.79 Å². The first kappa shape index (κ1) is 12.1. The lowest BCUT2D eigenvalue weighted by Crippen LogP contribution is -2.27. The van der Waals surface area contributed by atoms with E-state index in [0.29, 0.717) is 11.0 Å². The number of carbonyl (C=O) groups is 1. The molecule has 0 aromatic carbocycles. The van der Waals surface area contributed by atoms with Crippen LogP contribution in [0.3, 0.4) is 0 Å². The molecule has 92 valence electrons. The number of nitrogens with zero attached hydrogens (tertiary/aromatic N) is 2. The molecule has 3 heteroatoms. The van der Waals surface area contributed by atoms with E-state index in [1.54, 1.807) is 6.20 Å². The maximum Gasteiger partial charge on any atom is 0.153 e. The molecular formula is C14H20N2O. The highest BCUT2D eigenvalue weighted by molar-refractivity contribution is 5.82. The molecular weight excluding hydrogens is 212 g/mol. The van der Waals surface area contributed by atoms with E-state index in [2.05, 4.69) is 23.7 Å². The topological polar surface area (TPSA) is 33.2 Å². The van der Waals surface area contributed by atoms with Gasteiger partial charge in [0, 0.05) is 19.3 Å². The van der Waals surface area contributed by atoms with Gasteiger partial charge in [0.05, 0.1) is 5.56 Å². The Hall–Kier alpha value is -1.38. The van der Waals surface area contributed by atoms with E-state index in [1.165, 1.54) is 19.3 Å². The Balaban J connectivity index is 2.23. The quantitative estimate of drug-likeness (QED) is 0.748. The van der Waals surface area contributed by atoms with Gasteiger partial charge in [-0.1, -0.05) is 13.8 Å². The van der Waals surface area contributed by atoms with Crippen molar-refractivity contribution in [2.45, 2.75) is 33.1 Å². The monoisotopic (exact) mass is 232 g/mol. The van der Waals surface area contributed by atoms with E-state index in [4.69, 9.17) is 0 Å². The van der Waals surface area contributed by atoms with Crippen LogP contribution < -0.4 is 4.90 Å². The van der Waals surface area contributed by atoms with Crippen molar-refractivity contribution >= 4 is 12.1 Å². The van der Waals surface area contributed by atoms with Crippen LogP contribution in [0.4, 0.5) is 5.82 Å². The van der Waals surface area contributed by atoms with Crippen LogP contribution >= 0.6 is 0 Å². The molecule has 0 N–H and O–H groups in total. The summed E-state index contributed by atoms with van der Waals surface area (Å²) in [6.45, 7) is 6.55. The second-order valence-corrected chi connectivity index (χ2v) is 4.91. The number of rotatable bonds is 4. The molecule has 1 aliphatic heterocycles. The number of aldehydes is 1. The van der Waals surface area contributed by atoms with Crippen molar-refractivity contribution in [3.05, 3.63) is 23.9 Å². The lowest BCUT2D eigenvalue weighted by atomic mass is 9.82. The fourth-order valence-electron chi connectivity index (χ4n) is 2.71. The summed E-state index contributed by atoms with van der Waals surface area (Å²) in [5.41, 5.74) is 1.12. The second-order valence-electron chi connectivity index (χ2n) is 4.91. The maximum atomic E-state index is 11.0. The second kappa shape index (κ2) is 4.86. The van der Waals surface area contributed by atoms with Gasteiger partial charge in [-0.15, -0.1) is 0 Å². The van der Waals surface area contributed by atoms with Crippen molar-refractivity contribution in [1.29, 1.82) is 0 Å².